The minimum atomic E-state index is -0.933. The van der Waals surface area contributed by atoms with Gasteiger partial charge in [-0.3, -0.25) is 0 Å². The smallest absolute Gasteiger partial charge is 0.164 e. The molecule has 5 nitrogen and oxygen atoms in total. The maximum absolute atomic E-state index is 9.48. The zero-order valence-corrected chi connectivity index (χ0v) is 8.77. The lowest BCUT2D eigenvalue weighted by Crippen LogP contribution is -2.39. The van der Waals surface area contributed by atoms with Gasteiger partial charge in [0.05, 0.1) is 13.2 Å². The Kier molecular flexibility index (Phi) is 3.86. The number of hydrogen-bond acceptors (Lipinski definition) is 5. The Labute approximate surface area is 83.6 Å². The van der Waals surface area contributed by atoms with Crippen LogP contribution in [0, 0.1) is 0 Å². The summed E-state index contributed by atoms with van der Waals surface area (Å²) in [6, 6.07) is 0. The molecule has 0 bridgehead atoms. The van der Waals surface area contributed by atoms with Crippen LogP contribution in [0.4, 0.5) is 0 Å². The van der Waals surface area contributed by atoms with Crippen molar-refractivity contribution in [2.24, 2.45) is 0 Å². The van der Waals surface area contributed by atoms with Gasteiger partial charge in [0, 0.05) is 7.11 Å². The molecule has 14 heavy (non-hydrogen) atoms. The molecule has 0 spiro atoms. The summed E-state index contributed by atoms with van der Waals surface area (Å²) in [5.41, 5.74) is 0. The van der Waals surface area contributed by atoms with Gasteiger partial charge >= 0.3 is 0 Å². The first-order chi connectivity index (χ1) is 6.50. The lowest BCUT2D eigenvalue weighted by Gasteiger charge is -2.20. The molecule has 0 unspecified atom stereocenters. The van der Waals surface area contributed by atoms with E-state index in [4.69, 9.17) is 19.3 Å². The van der Waals surface area contributed by atoms with E-state index in [1.807, 2.05) is 0 Å². The van der Waals surface area contributed by atoms with Crippen LogP contribution in [0.5, 0.6) is 0 Å². The number of ether oxygens (including phenoxy) is 3. The van der Waals surface area contributed by atoms with Gasteiger partial charge in [-0.2, -0.15) is 0 Å². The van der Waals surface area contributed by atoms with Gasteiger partial charge < -0.3 is 24.4 Å². The molecule has 0 aliphatic carbocycles. The zero-order valence-electron chi connectivity index (χ0n) is 8.77. The molecule has 1 aliphatic heterocycles. The quantitative estimate of drug-likeness (QED) is 0.649. The van der Waals surface area contributed by atoms with Crippen molar-refractivity contribution in [3.8, 4) is 0 Å². The topological polar surface area (TPSA) is 68.2 Å². The predicted molar refractivity (Wildman–Crippen MR) is 48.8 cm³/mol. The Morgan fingerprint density at radius 2 is 2.07 bits per heavy atom. The Morgan fingerprint density at radius 3 is 2.57 bits per heavy atom. The molecule has 0 saturated carbocycles. The van der Waals surface area contributed by atoms with E-state index in [0.29, 0.717) is 6.61 Å². The van der Waals surface area contributed by atoms with E-state index in [-0.39, 0.29) is 12.7 Å². The molecule has 0 amide bonds. The third kappa shape index (κ3) is 2.65. The van der Waals surface area contributed by atoms with Crippen molar-refractivity contribution in [3.05, 3.63) is 0 Å². The molecule has 1 aliphatic rings. The van der Waals surface area contributed by atoms with E-state index in [1.54, 1.807) is 21.0 Å². The normalized spacial score (nSPS) is 33.2. The molecular formula is C9H18O5. The summed E-state index contributed by atoms with van der Waals surface area (Å²) in [6.45, 7) is 3.52. The molecule has 1 fully saturated rings. The second-order valence-electron chi connectivity index (χ2n) is 3.84. The van der Waals surface area contributed by atoms with Crippen LogP contribution < -0.4 is 0 Å². The highest BCUT2D eigenvalue weighted by Gasteiger charge is 2.44. The summed E-state index contributed by atoms with van der Waals surface area (Å²) >= 11 is 0. The Bertz CT molecular complexity index is 182. The third-order valence-corrected chi connectivity index (χ3v) is 2.12. The van der Waals surface area contributed by atoms with Gasteiger partial charge in [-0.05, 0) is 13.8 Å². The van der Waals surface area contributed by atoms with Crippen molar-refractivity contribution < 1.29 is 24.4 Å². The van der Waals surface area contributed by atoms with Crippen molar-refractivity contribution in [1.82, 2.24) is 0 Å². The second kappa shape index (κ2) is 4.55. The lowest BCUT2D eigenvalue weighted by atomic mass is 10.1. The number of aliphatic hydroxyl groups excluding tert-OH is 2. The molecule has 0 aromatic heterocycles. The summed E-state index contributed by atoms with van der Waals surface area (Å²) in [5, 5.41) is 18.3. The van der Waals surface area contributed by atoms with Crippen LogP contribution in [0.2, 0.25) is 0 Å². The van der Waals surface area contributed by atoms with Gasteiger partial charge in [0.25, 0.3) is 0 Å². The molecule has 0 radical (unpaired) electrons. The van der Waals surface area contributed by atoms with Gasteiger partial charge in [0.1, 0.15) is 18.3 Å². The molecule has 1 heterocycles. The average molecular weight is 206 g/mol. The van der Waals surface area contributed by atoms with E-state index in [0.717, 1.165) is 0 Å². The Morgan fingerprint density at radius 1 is 1.43 bits per heavy atom. The molecule has 5 heteroatoms. The fourth-order valence-corrected chi connectivity index (χ4v) is 1.59. The molecule has 1 rings (SSSR count). The maximum atomic E-state index is 9.48. The first-order valence-electron chi connectivity index (χ1n) is 4.63. The molecular weight excluding hydrogens is 188 g/mol. The van der Waals surface area contributed by atoms with Gasteiger partial charge in [-0.25, -0.2) is 0 Å². The van der Waals surface area contributed by atoms with Crippen molar-refractivity contribution >= 4 is 0 Å². The largest absolute Gasteiger partial charge is 0.394 e. The SMILES string of the molecule is COC[C@H]1OC(C)(C)O[C@@H]1[C@H](O)CO. The zero-order chi connectivity index (χ0) is 10.8. The van der Waals surface area contributed by atoms with Crippen molar-refractivity contribution in [1.29, 1.82) is 0 Å². The summed E-state index contributed by atoms with van der Waals surface area (Å²) in [7, 11) is 1.55. The Hall–Kier alpha value is -0.200. The van der Waals surface area contributed by atoms with Crippen LogP contribution in [0.25, 0.3) is 0 Å². The molecule has 0 aromatic carbocycles. The van der Waals surface area contributed by atoms with E-state index in [9.17, 15) is 5.11 Å². The minimum absolute atomic E-state index is 0.336. The summed E-state index contributed by atoms with van der Waals surface area (Å²) in [5.74, 6) is -0.732. The highest BCUT2D eigenvalue weighted by molar-refractivity contribution is 4.86. The maximum Gasteiger partial charge on any atom is 0.164 e. The van der Waals surface area contributed by atoms with Crippen LogP contribution in [0.3, 0.4) is 0 Å². The molecule has 1 saturated heterocycles. The fraction of sp³-hybridized carbons (Fsp3) is 1.00. The molecule has 0 aromatic rings. The monoisotopic (exact) mass is 206 g/mol. The average Bonchev–Trinajstić information content (AvgIpc) is 2.41. The van der Waals surface area contributed by atoms with Crippen LogP contribution in [0.1, 0.15) is 13.8 Å². The van der Waals surface area contributed by atoms with E-state index in [1.165, 1.54) is 0 Å². The summed E-state index contributed by atoms with van der Waals surface area (Å²) in [6.07, 6.45) is -1.80. The van der Waals surface area contributed by atoms with E-state index >= 15 is 0 Å². The van der Waals surface area contributed by atoms with Crippen LogP contribution in [0.15, 0.2) is 0 Å². The predicted octanol–water partition coefficient (Wildman–Crippen LogP) is -0.494. The highest BCUT2D eigenvalue weighted by Crippen LogP contribution is 2.29. The third-order valence-electron chi connectivity index (χ3n) is 2.12. The van der Waals surface area contributed by atoms with Gasteiger partial charge in [0.2, 0.25) is 0 Å². The lowest BCUT2D eigenvalue weighted by molar-refractivity contribution is -0.159. The van der Waals surface area contributed by atoms with Crippen LogP contribution >= 0.6 is 0 Å². The van der Waals surface area contributed by atoms with E-state index < -0.39 is 18.0 Å². The van der Waals surface area contributed by atoms with E-state index in [2.05, 4.69) is 0 Å². The van der Waals surface area contributed by atoms with Gasteiger partial charge in [-0.15, -0.1) is 0 Å². The number of hydrogen-bond donors (Lipinski definition) is 2. The number of methoxy groups -OCH3 is 1. The first kappa shape index (κ1) is 11.9. The molecule has 2 N–H and O–H groups in total. The Balaban J connectivity index is 2.62. The number of rotatable bonds is 4. The molecule has 84 valence electrons. The summed E-state index contributed by atoms with van der Waals surface area (Å²) < 4.78 is 15.9. The summed E-state index contributed by atoms with van der Waals surface area (Å²) in [4.78, 5) is 0. The van der Waals surface area contributed by atoms with Crippen molar-refractivity contribution in [2.75, 3.05) is 20.3 Å². The molecule has 3 atom stereocenters. The fourth-order valence-electron chi connectivity index (χ4n) is 1.59. The van der Waals surface area contributed by atoms with Gasteiger partial charge in [-0.1, -0.05) is 0 Å². The van der Waals surface area contributed by atoms with Gasteiger partial charge in [0.15, 0.2) is 5.79 Å². The first-order valence-corrected chi connectivity index (χ1v) is 4.63. The van der Waals surface area contributed by atoms with Crippen LogP contribution in [-0.4, -0.2) is 54.6 Å². The van der Waals surface area contributed by atoms with Crippen molar-refractivity contribution in [3.63, 3.8) is 0 Å². The minimum Gasteiger partial charge on any atom is -0.394 e. The highest BCUT2D eigenvalue weighted by atomic mass is 16.8. The second-order valence-corrected chi connectivity index (χ2v) is 3.84. The number of aliphatic hydroxyl groups is 2. The van der Waals surface area contributed by atoms with Crippen LogP contribution in [-0.2, 0) is 14.2 Å². The van der Waals surface area contributed by atoms with Crippen molar-refractivity contribution in [2.45, 2.75) is 37.9 Å². The standard InChI is InChI=1S/C9H18O5/c1-9(2)13-7(5-12-3)8(14-9)6(11)4-10/h6-8,10-11H,4-5H2,1-3H3/t6-,7-,8-/m1/s1.